The Kier molecular flexibility index (Phi) is 6.30. The minimum Gasteiger partial charge on any atom is -0.743 e. The first kappa shape index (κ1) is 22.4. The van der Waals surface area contributed by atoms with Crippen LogP contribution in [0.25, 0.3) is 0 Å². The second-order valence-corrected chi connectivity index (χ2v) is 5.62. The van der Waals surface area contributed by atoms with E-state index in [1.54, 1.807) is 0 Å². The fourth-order valence-corrected chi connectivity index (χ4v) is 1.43. The number of aromatic nitrogens is 1. The van der Waals surface area contributed by atoms with Crippen molar-refractivity contribution in [2.75, 3.05) is 0 Å². The molecule has 0 amide bonds. The molecule has 0 aliphatic heterocycles. The first-order valence-electron chi connectivity index (χ1n) is 5.48. The second kappa shape index (κ2) is 6.74. The van der Waals surface area contributed by atoms with E-state index in [4.69, 9.17) is 0 Å². The zero-order valence-electron chi connectivity index (χ0n) is 11.3. The maximum atomic E-state index is 12.2. The highest BCUT2D eigenvalue weighted by Gasteiger charge is 2.83. The van der Waals surface area contributed by atoms with Gasteiger partial charge in [0.2, 0.25) is 0 Å². The molecule has 0 aromatic carbocycles. The molecule has 1 rings (SSSR count). The molecule has 24 heavy (non-hydrogen) atoms. The van der Waals surface area contributed by atoms with Crippen LogP contribution in [0, 0.1) is 6.92 Å². The van der Waals surface area contributed by atoms with Gasteiger partial charge in [0.1, 0.15) is 0 Å². The molecule has 4 nitrogen and oxygen atoms in total. The van der Waals surface area contributed by atoms with E-state index in [-0.39, 0.29) is 0 Å². The normalized spacial score (nSPS) is 14.0. The van der Waals surface area contributed by atoms with Crippen molar-refractivity contribution < 1.29 is 57.5 Å². The topological polar surface area (TPSA) is 71.3 Å². The summed E-state index contributed by atoms with van der Waals surface area (Å²) in [6.45, 7) is 2.06. The number of hydrogen-bond acceptors (Lipinski definition) is 3. The molecular formula is C10H8F9NO3S. The minimum absolute atomic E-state index is 1.29. The Bertz CT molecular complexity index is 643. The van der Waals surface area contributed by atoms with Crippen LogP contribution in [0.1, 0.15) is 5.56 Å². The van der Waals surface area contributed by atoms with Crippen molar-refractivity contribution in [1.29, 1.82) is 0 Å². The van der Waals surface area contributed by atoms with Crippen LogP contribution in [-0.4, -0.2) is 36.2 Å². The molecule has 0 radical (unpaired) electrons. The van der Waals surface area contributed by atoms with Gasteiger partial charge in [-0.2, -0.15) is 39.5 Å². The van der Waals surface area contributed by atoms with Crippen LogP contribution >= 0.6 is 0 Å². The van der Waals surface area contributed by atoms with Crippen LogP contribution in [0.2, 0.25) is 0 Å². The molecular weight excluding hydrogens is 385 g/mol. The Morgan fingerprint density at radius 3 is 1.46 bits per heavy atom. The number of aryl methyl sites for hydroxylation is 1. The van der Waals surface area contributed by atoms with E-state index in [2.05, 4.69) is 11.9 Å². The van der Waals surface area contributed by atoms with Crippen LogP contribution in [-0.2, 0) is 10.1 Å². The lowest BCUT2D eigenvalue weighted by molar-refractivity contribution is -0.382. The molecule has 0 unspecified atom stereocenters. The van der Waals surface area contributed by atoms with Gasteiger partial charge in [-0.05, 0) is 12.5 Å². The van der Waals surface area contributed by atoms with Gasteiger partial charge < -0.3 is 4.55 Å². The number of aromatic amines is 1. The average molecular weight is 393 g/mol. The highest BCUT2D eigenvalue weighted by atomic mass is 32.2. The van der Waals surface area contributed by atoms with Crippen molar-refractivity contribution in [3.8, 4) is 0 Å². The molecule has 1 aromatic heterocycles. The largest absolute Gasteiger partial charge is 0.743 e. The average Bonchev–Trinajstić information content (AvgIpc) is 2.37. The monoisotopic (exact) mass is 393 g/mol. The molecule has 0 spiro atoms. The van der Waals surface area contributed by atoms with Gasteiger partial charge in [0.15, 0.2) is 22.5 Å². The van der Waals surface area contributed by atoms with Crippen LogP contribution in [0.3, 0.4) is 0 Å². The van der Waals surface area contributed by atoms with Crippen LogP contribution in [0.15, 0.2) is 24.5 Å². The van der Waals surface area contributed by atoms with Crippen LogP contribution in [0.4, 0.5) is 39.5 Å². The Hall–Kier alpha value is -1.57. The lowest BCUT2D eigenvalue weighted by Gasteiger charge is -2.34. The number of hydrogen-bond donors (Lipinski definition) is 0. The third-order valence-electron chi connectivity index (χ3n) is 2.31. The first-order chi connectivity index (χ1) is 10.4. The van der Waals surface area contributed by atoms with Gasteiger partial charge in [0, 0.05) is 12.1 Å². The van der Waals surface area contributed by atoms with E-state index in [0.29, 0.717) is 0 Å². The molecule has 0 atom stereocenters. The van der Waals surface area contributed by atoms with E-state index in [1.807, 2.05) is 24.5 Å². The predicted molar refractivity (Wildman–Crippen MR) is 58.3 cm³/mol. The van der Waals surface area contributed by atoms with Crippen LogP contribution in [0.5, 0.6) is 0 Å². The number of halogens is 9. The summed E-state index contributed by atoms with van der Waals surface area (Å²) in [7, 11) is -7.42. The fraction of sp³-hybridized carbons (Fsp3) is 0.500. The van der Waals surface area contributed by atoms with E-state index in [9.17, 15) is 52.5 Å². The zero-order chi connectivity index (χ0) is 19.6. The van der Waals surface area contributed by atoms with Gasteiger partial charge in [-0.15, -0.1) is 0 Å². The molecule has 14 heteroatoms. The zero-order valence-corrected chi connectivity index (χ0v) is 12.2. The maximum absolute atomic E-state index is 12.2. The number of pyridine rings is 1. The van der Waals surface area contributed by atoms with Gasteiger partial charge in [-0.3, -0.25) is 0 Å². The standard InChI is InChI=1S/C6H7N.C4HF9O3S/c1-6-2-4-7-5-3-6;5-1(6,3(9,10)11)2(7,8)4(12,13)17(14,15)16/h2-5H,1H3;(H,14,15,16). The Balaban J connectivity index is 0.000000620. The molecule has 0 saturated carbocycles. The summed E-state index contributed by atoms with van der Waals surface area (Å²) >= 11 is 0. The molecule has 0 bridgehead atoms. The Morgan fingerprint density at radius 1 is 0.875 bits per heavy atom. The van der Waals surface area contributed by atoms with Crippen molar-refractivity contribution in [3.05, 3.63) is 30.1 Å². The summed E-state index contributed by atoms with van der Waals surface area (Å²) in [5.41, 5.74) is 1.29. The first-order valence-corrected chi connectivity index (χ1v) is 6.88. The van der Waals surface area contributed by atoms with Gasteiger partial charge in [0.25, 0.3) is 0 Å². The molecule has 1 heterocycles. The summed E-state index contributed by atoms with van der Waals surface area (Å²) in [4.78, 5) is 2.93. The smallest absolute Gasteiger partial charge is 0.460 e. The molecule has 140 valence electrons. The molecule has 1 aromatic rings. The van der Waals surface area contributed by atoms with Crippen molar-refractivity contribution in [2.24, 2.45) is 0 Å². The van der Waals surface area contributed by atoms with E-state index >= 15 is 0 Å². The summed E-state index contributed by atoms with van der Waals surface area (Å²) in [5.74, 6) is -14.8. The minimum atomic E-state index is -7.43. The van der Waals surface area contributed by atoms with Crippen molar-refractivity contribution in [2.45, 2.75) is 30.2 Å². The number of alkyl halides is 9. The second-order valence-electron chi connectivity index (χ2n) is 4.19. The molecule has 1 N–H and O–H groups in total. The SMILES string of the molecule is Cc1cc[nH+]cc1.O=S(=O)([O-])C(F)(F)C(F)(F)C(F)(F)C(F)(F)F. The van der Waals surface area contributed by atoms with Crippen molar-refractivity contribution in [3.63, 3.8) is 0 Å². The molecule has 0 aliphatic carbocycles. The van der Waals surface area contributed by atoms with Crippen LogP contribution < -0.4 is 4.98 Å². The highest BCUT2D eigenvalue weighted by molar-refractivity contribution is 7.86. The molecule has 0 saturated heterocycles. The Morgan fingerprint density at radius 2 is 1.25 bits per heavy atom. The summed E-state index contributed by atoms with van der Waals surface area (Å²) < 4.78 is 135. The van der Waals surface area contributed by atoms with Crippen molar-refractivity contribution >= 4 is 10.1 Å². The molecule has 0 fully saturated rings. The highest BCUT2D eigenvalue weighted by Crippen LogP contribution is 2.54. The fourth-order valence-electron chi connectivity index (χ4n) is 0.988. The van der Waals surface area contributed by atoms with E-state index in [0.717, 1.165) is 0 Å². The number of nitrogens with one attached hydrogen (secondary N) is 1. The van der Waals surface area contributed by atoms with E-state index < -0.39 is 33.4 Å². The molecule has 0 aliphatic rings. The van der Waals surface area contributed by atoms with Gasteiger partial charge in [0.05, 0.1) is 0 Å². The van der Waals surface area contributed by atoms with Crippen molar-refractivity contribution in [1.82, 2.24) is 0 Å². The van der Waals surface area contributed by atoms with E-state index in [1.165, 1.54) is 5.56 Å². The summed E-state index contributed by atoms with van der Waals surface area (Å²) in [6, 6.07) is 4.06. The Labute approximate surface area is 129 Å². The summed E-state index contributed by atoms with van der Waals surface area (Å²) in [5, 5.41) is -7.11. The number of H-pyrrole nitrogens is 1. The third-order valence-corrected chi connectivity index (χ3v) is 3.20. The van der Waals surface area contributed by atoms with Gasteiger partial charge in [-0.25, -0.2) is 13.4 Å². The lowest BCUT2D eigenvalue weighted by atomic mass is 10.1. The predicted octanol–water partition coefficient (Wildman–Crippen LogP) is 2.77. The summed E-state index contributed by atoms with van der Waals surface area (Å²) in [6.07, 6.45) is -3.34. The van der Waals surface area contributed by atoms with Gasteiger partial charge in [-0.1, -0.05) is 0 Å². The lowest BCUT2D eigenvalue weighted by Crippen LogP contribution is -2.63. The maximum Gasteiger partial charge on any atom is 0.460 e. The number of rotatable bonds is 3. The van der Waals surface area contributed by atoms with Gasteiger partial charge >= 0.3 is 23.3 Å². The third kappa shape index (κ3) is 4.28. The quantitative estimate of drug-likeness (QED) is 0.586.